The van der Waals surface area contributed by atoms with E-state index in [1.807, 2.05) is 13.0 Å². The summed E-state index contributed by atoms with van der Waals surface area (Å²) < 4.78 is 5.58. The van der Waals surface area contributed by atoms with E-state index in [1.165, 1.54) is 11.1 Å². The summed E-state index contributed by atoms with van der Waals surface area (Å²) in [6.07, 6.45) is 1.00. The van der Waals surface area contributed by atoms with Gasteiger partial charge in [-0.25, -0.2) is 0 Å². The lowest BCUT2D eigenvalue weighted by Crippen LogP contribution is -2.23. The Kier molecular flexibility index (Phi) is 3.70. The van der Waals surface area contributed by atoms with E-state index in [0.717, 1.165) is 36.7 Å². The minimum atomic E-state index is 0.144. The summed E-state index contributed by atoms with van der Waals surface area (Å²) in [5, 5.41) is 3.53. The van der Waals surface area contributed by atoms with Crippen LogP contribution in [0.2, 0.25) is 0 Å². The third-order valence-corrected chi connectivity index (χ3v) is 3.66. The van der Waals surface area contributed by atoms with Crippen LogP contribution >= 0.6 is 0 Å². The van der Waals surface area contributed by atoms with Crippen LogP contribution in [0.5, 0.6) is 5.75 Å². The first-order valence-electron chi connectivity index (χ1n) is 7.20. The molecule has 0 amide bonds. The van der Waals surface area contributed by atoms with Gasteiger partial charge < -0.3 is 10.1 Å². The van der Waals surface area contributed by atoms with Gasteiger partial charge in [0.25, 0.3) is 0 Å². The minimum absolute atomic E-state index is 0.144. The monoisotopic (exact) mass is 268 g/mol. The molecule has 3 rings (SSSR count). The molecular formula is C17H20N2O. The van der Waals surface area contributed by atoms with Gasteiger partial charge in [0.05, 0.1) is 18.3 Å². The Morgan fingerprint density at radius 3 is 3.00 bits per heavy atom. The molecule has 0 spiro atoms. The molecule has 3 heteroatoms. The lowest BCUT2D eigenvalue weighted by molar-refractivity contribution is 0.357. The summed E-state index contributed by atoms with van der Waals surface area (Å²) in [7, 11) is 0. The molecule has 0 saturated heterocycles. The van der Waals surface area contributed by atoms with Gasteiger partial charge in [0, 0.05) is 12.1 Å². The van der Waals surface area contributed by atoms with Gasteiger partial charge in [-0.15, -0.1) is 0 Å². The number of ether oxygens (including phenoxy) is 1. The third-order valence-electron chi connectivity index (χ3n) is 3.66. The number of benzene rings is 1. The normalized spacial score (nSPS) is 14.7. The van der Waals surface area contributed by atoms with Crippen molar-refractivity contribution in [3.05, 3.63) is 58.9 Å². The lowest BCUT2D eigenvalue weighted by Gasteiger charge is -2.19. The van der Waals surface area contributed by atoms with E-state index < -0.39 is 0 Å². The molecule has 0 radical (unpaired) electrons. The molecule has 2 heterocycles. The zero-order chi connectivity index (χ0) is 13.9. The topological polar surface area (TPSA) is 34.1 Å². The van der Waals surface area contributed by atoms with Gasteiger partial charge in [0.15, 0.2) is 0 Å². The maximum Gasteiger partial charge on any atom is 0.122 e. The van der Waals surface area contributed by atoms with Gasteiger partial charge in [-0.1, -0.05) is 25.1 Å². The van der Waals surface area contributed by atoms with E-state index in [4.69, 9.17) is 4.74 Å². The molecule has 1 aromatic heterocycles. The van der Waals surface area contributed by atoms with Crippen molar-refractivity contribution in [3.8, 4) is 5.75 Å². The number of aromatic nitrogens is 1. The van der Waals surface area contributed by atoms with E-state index in [2.05, 4.69) is 47.6 Å². The van der Waals surface area contributed by atoms with E-state index in [0.29, 0.717) is 0 Å². The van der Waals surface area contributed by atoms with Crippen molar-refractivity contribution in [2.24, 2.45) is 0 Å². The van der Waals surface area contributed by atoms with Crippen LogP contribution < -0.4 is 10.1 Å². The molecule has 1 N–H and O–H groups in total. The van der Waals surface area contributed by atoms with Gasteiger partial charge in [0.1, 0.15) is 5.75 Å². The molecule has 0 aliphatic carbocycles. The fourth-order valence-corrected chi connectivity index (χ4v) is 2.71. The highest BCUT2D eigenvalue weighted by Crippen LogP contribution is 2.30. The second-order valence-corrected chi connectivity index (χ2v) is 5.16. The molecular weight excluding hydrogens is 248 g/mol. The third kappa shape index (κ3) is 2.54. The molecule has 2 aromatic rings. The van der Waals surface area contributed by atoms with Crippen molar-refractivity contribution in [1.82, 2.24) is 10.3 Å². The van der Waals surface area contributed by atoms with E-state index in [1.54, 1.807) is 0 Å². The largest absolute Gasteiger partial charge is 0.493 e. The summed E-state index contributed by atoms with van der Waals surface area (Å²) in [5.41, 5.74) is 4.69. The molecule has 0 saturated carbocycles. The number of nitrogens with one attached hydrogen (secondary N) is 1. The Hall–Kier alpha value is -1.87. The Balaban J connectivity index is 1.98. The van der Waals surface area contributed by atoms with Crippen molar-refractivity contribution >= 4 is 0 Å². The van der Waals surface area contributed by atoms with Crippen molar-refractivity contribution < 1.29 is 4.74 Å². The van der Waals surface area contributed by atoms with Crippen LogP contribution in [0, 0.1) is 6.92 Å². The first-order chi connectivity index (χ1) is 9.78. The van der Waals surface area contributed by atoms with Crippen LogP contribution in [-0.4, -0.2) is 18.1 Å². The van der Waals surface area contributed by atoms with Crippen LogP contribution in [0.25, 0.3) is 0 Å². The van der Waals surface area contributed by atoms with E-state index in [9.17, 15) is 0 Å². The number of aryl methyl sites for hydroxylation is 1. The summed E-state index contributed by atoms with van der Waals surface area (Å²) in [5.74, 6) is 1.03. The van der Waals surface area contributed by atoms with Gasteiger partial charge in [-0.2, -0.15) is 0 Å². The number of rotatable bonds is 4. The molecule has 0 fully saturated rings. The smallest absolute Gasteiger partial charge is 0.122 e. The molecule has 104 valence electrons. The summed E-state index contributed by atoms with van der Waals surface area (Å²) in [6, 6.07) is 12.8. The van der Waals surface area contributed by atoms with Gasteiger partial charge in [-0.05, 0) is 42.8 Å². The fraction of sp³-hybridized carbons (Fsp3) is 0.353. The summed E-state index contributed by atoms with van der Waals surface area (Å²) >= 11 is 0. The summed E-state index contributed by atoms with van der Waals surface area (Å²) in [4.78, 5) is 4.67. The maximum absolute atomic E-state index is 5.58. The molecule has 20 heavy (non-hydrogen) atoms. The average Bonchev–Trinajstić information content (AvgIpc) is 2.92. The second-order valence-electron chi connectivity index (χ2n) is 5.16. The number of hydrogen-bond donors (Lipinski definition) is 1. The van der Waals surface area contributed by atoms with Gasteiger partial charge >= 0.3 is 0 Å². The Morgan fingerprint density at radius 2 is 2.20 bits per heavy atom. The zero-order valence-corrected chi connectivity index (χ0v) is 12.0. The Labute approximate surface area is 120 Å². The highest BCUT2D eigenvalue weighted by molar-refractivity contribution is 5.42. The molecule has 1 aromatic carbocycles. The van der Waals surface area contributed by atoms with Gasteiger partial charge in [0.2, 0.25) is 0 Å². The van der Waals surface area contributed by atoms with Crippen LogP contribution in [0.15, 0.2) is 36.4 Å². The Morgan fingerprint density at radius 1 is 1.30 bits per heavy atom. The highest BCUT2D eigenvalue weighted by Gasteiger charge is 2.18. The lowest BCUT2D eigenvalue weighted by atomic mass is 9.99. The maximum atomic E-state index is 5.58. The predicted octanol–water partition coefficient (Wildman–Crippen LogP) is 3.02. The van der Waals surface area contributed by atoms with E-state index in [-0.39, 0.29) is 6.04 Å². The van der Waals surface area contributed by atoms with Crippen molar-refractivity contribution in [2.75, 3.05) is 13.2 Å². The fourth-order valence-electron chi connectivity index (χ4n) is 2.71. The number of fused-ring (bicyclic) bond motifs is 1. The zero-order valence-electron chi connectivity index (χ0n) is 12.0. The Bertz CT molecular complexity index is 610. The number of pyridine rings is 1. The predicted molar refractivity (Wildman–Crippen MR) is 80.1 cm³/mol. The number of nitrogens with zero attached hydrogens (tertiary/aromatic N) is 1. The SMILES string of the molecule is CCNC(c1ccc2c(c1)CCO2)c1cccc(C)n1. The van der Waals surface area contributed by atoms with Crippen molar-refractivity contribution in [3.63, 3.8) is 0 Å². The van der Waals surface area contributed by atoms with Crippen LogP contribution in [0.4, 0.5) is 0 Å². The van der Waals surface area contributed by atoms with Crippen molar-refractivity contribution in [1.29, 1.82) is 0 Å². The molecule has 1 atom stereocenters. The first kappa shape index (κ1) is 13.1. The van der Waals surface area contributed by atoms with E-state index >= 15 is 0 Å². The van der Waals surface area contributed by atoms with Crippen LogP contribution in [0.3, 0.4) is 0 Å². The van der Waals surface area contributed by atoms with Crippen LogP contribution in [0.1, 0.15) is 35.5 Å². The van der Waals surface area contributed by atoms with Crippen LogP contribution in [-0.2, 0) is 6.42 Å². The molecule has 1 unspecified atom stereocenters. The summed E-state index contributed by atoms with van der Waals surface area (Å²) in [6.45, 7) is 5.86. The molecule has 0 bridgehead atoms. The van der Waals surface area contributed by atoms with Gasteiger partial charge in [-0.3, -0.25) is 4.98 Å². The molecule has 1 aliphatic heterocycles. The van der Waals surface area contributed by atoms with Crippen molar-refractivity contribution in [2.45, 2.75) is 26.3 Å². The first-order valence-corrected chi connectivity index (χ1v) is 7.20. The highest BCUT2D eigenvalue weighted by atomic mass is 16.5. The standard InChI is InChI=1S/C17H20N2O/c1-3-18-17(15-6-4-5-12(2)19-15)14-7-8-16-13(11-14)9-10-20-16/h4-8,11,17-18H,3,9-10H2,1-2H3. The quantitative estimate of drug-likeness (QED) is 0.925. The second kappa shape index (κ2) is 5.63. The molecule has 3 nitrogen and oxygen atoms in total. The minimum Gasteiger partial charge on any atom is -0.493 e. The number of hydrogen-bond acceptors (Lipinski definition) is 3. The average molecular weight is 268 g/mol. The molecule has 1 aliphatic rings.